The molecule has 1 aliphatic carbocycles. The Morgan fingerprint density at radius 1 is 0.652 bits per heavy atom. The Morgan fingerprint density at radius 3 is 1.72 bits per heavy atom. The largest absolute Gasteiger partial charge is 0.502 e. The minimum atomic E-state index is -0.693. The molecule has 2 aromatic heterocycles. The summed E-state index contributed by atoms with van der Waals surface area (Å²) in [5.74, 6) is -3.54. The van der Waals surface area contributed by atoms with Gasteiger partial charge >= 0.3 is 5.97 Å². The van der Waals surface area contributed by atoms with Crippen LogP contribution in [0.4, 0.5) is 8.78 Å². The molecule has 0 saturated carbocycles. The van der Waals surface area contributed by atoms with E-state index in [1.807, 2.05) is 64.1 Å². The monoisotopic (exact) mass is 954 g/mol. The van der Waals surface area contributed by atoms with Gasteiger partial charge in [0, 0.05) is 47.7 Å². The number of nitrogens with zero attached hydrogens (tertiary/aromatic N) is 6. The highest BCUT2D eigenvalue weighted by Crippen LogP contribution is 2.48. The number of benzene rings is 4. The van der Waals surface area contributed by atoms with Crippen LogP contribution in [0.25, 0.3) is 0 Å². The second-order valence-electron chi connectivity index (χ2n) is 18.7. The van der Waals surface area contributed by atoms with Crippen molar-refractivity contribution < 1.29 is 33.0 Å². The Bertz CT molecular complexity index is 3050. The summed E-state index contributed by atoms with van der Waals surface area (Å²) in [7, 11) is 0. The minimum Gasteiger partial charge on any atom is -0.502 e. The summed E-state index contributed by atoms with van der Waals surface area (Å²) in [6.07, 6.45) is 2.75. The van der Waals surface area contributed by atoms with Crippen molar-refractivity contribution in [2.24, 2.45) is 5.92 Å². The zero-order valence-electron chi connectivity index (χ0n) is 39.1. The smallest absolute Gasteiger partial charge is 0.313 e. The van der Waals surface area contributed by atoms with Gasteiger partial charge in [0.25, 0.3) is 11.8 Å². The maximum atomic E-state index is 15.1. The molecular weight excluding hydrogens is 903 g/mol. The van der Waals surface area contributed by atoms with E-state index in [2.05, 4.69) is 34.5 Å². The van der Waals surface area contributed by atoms with Crippen molar-refractivity contribution in [2.75, 3.05) is 13.1 Å². The van der Waals surface area contributed by atoms with Crippen LogP contribution in [0.1, 0.15) is 125 Å². The number of rotatable bonds is 6. The van der Waals surface area contributed by atoms with E-state index in [1.165, 1.54) is 38.4 Å². The van der Waals surface area contributed by atoms with Crippen LogP contribution < -0.4 is 15.6 Å². The summed E-state index contributed by atoms with van der Waals surface area (Å²) in [4.78, 5) is 68.9. The van der Waals surface area contributed by atoms with E-state index in [-0.39, 0.29) is 65.3 Å². The fraction of sp³-hybridized carbons (Fsp3) is 0.340. The molecule has 4 aliphatic rings. The number of halogens is 2. The summed E-state index contributed by atoms with van der Waals surface area (Å²) in [5, 5.41) is 19.2. The minimum absolute atomic E-state index is 0.0238. The van der Waals surface area contributed by atoms with Crippen LogP contribution in [0.3, 0.4) is 0 Å². The van der Waals surface area contributed by atoms with E-state index in [1.54, 1.807) is 52.2 Å². The number of aromatic nitrogens is 4. The van der Waals surface area contributed by atoms with Gasteiger partial charge in [-0.2, -0.15) is 10.2 Å². The van der Waals surface area contributed by atoms with E-state index >= 15 is 8.78 Å². The Labute approximate surface area is 401 Å². The van der Waals surface area contributed by atoms with Crippen molar-refractivity contribution in [3.8, 4) is 11.5 Å². The lowest BCUT2D eigenvalue weighted by Crippen LogP contribution is -2.50. The molecule has 0 spiro atoms. The van der Waals surface area contributed by atoms with E-state index in [4.69, 9.17) is 4.74 Å². The van der Waals surface area contributed by atoms with Gasteiger partial charge in [0.05, 0.1) is 30.4 Å². The first-order chi connectivity index (χ1) is 33.1. The Kier molecular flexibility index (Phi) is 12.9. The highest BCUT2D eigenvalue weighted by Gasteiger charge is 2.45. The second-order valence-corrected chi connectivity index (χ2v) is 19.7. The molecule has 0 fully saturated rings. The second kappa shape index (κ2) is 18.9. The van der Waals surface area contributed by atoms with Gasteiger partial charge < -0.3 is 19.6 Å². The van der Waals surface area contributed by atoms with Crippen LogP contribution in [0.15, 0.2) is 112 Å². The Balaban J connectivity index is 0.000000175. The molecule has 1 N–H and O–H groups in total. The van der Waals surface area contributed by atoms with Crippen LogP contribution in [0.2, 0.25) is 0 Å². The fourth-order valence-corrected chi connectivity index (χ4v) is 11.3. The van der Waals surface area contributed by atoms with Gasteiger partial charge in [-0.05, 0) is 97.7 Å². The lowest BCUT2D eigenvalue weighted by atomic mass is 9.81. The third kappa shape index (κ3) is 8.42. The number of carbonyl (C=O) groups is 3. The first kappa shape index (κ1) is 47.1. The molecule has 4 aromatic carbocycles. The van der Waals surface area contributed by atoms with E-state index < -0.39 is 46.4 Å². The molecule has 69 heavy (non-hydrogen) atoms. The molecule has 0 saturated heterocycles. The number of carbonyl (C=O) groups excluding carboxylic acids is 3. The molecule has 0 radical (unpaired) electrons. The third-order valence-electron chi connectivity index (χ3n) is 13.6. The van der Waals surface area contributed by atoms with Gasteiger partial charge in [0.2, 0.25) is 16.6 Å². The van der Waals surface area contributed by atoms with Crippen molar-refractivity contribution in [3.05, 3.63) is 180 Å². The van der Waals surface area contributed by atoms with Crippen LogP contribution >= 0.6 is 11.8 Å². The molecule has 3 aliphatic heterocycles. The Morgan fingerprint density at radius 2 is 1.14 bits per heavy atom. The van der Waals surface area contributed by atoms with Gasteiger partial charge in [-0.3, -0.25) is 33.3 Å². The molecule has 5 heterocycles. The van der Waals surface area contributed by atoms with Crippen molar-refractivity contribution in [2.45, 2.75) is 101 Å². The summed E-state index contributed by atoms with van der Waals surface area (Å²) >= 11 is 1.80. The Hall–Kier alpha value is -6.94. The van der Waals surface area contributed by atoms with Gasteiger partial charge in [0.15, 0.2) is 17.1 Å². The van der Waals surface area contributed by atoms with Crippen molar-refractivity contribution in [3.63, 3.8) is 0 Å². The topological polar surface area (TPSA) is 157 Å². The SMILES string of the molecule is CC(C)C(=O)Oc1c2n(ncc1=O)C(C1c3cccc(F)c3CCc3c(F)cccc31)CN(C(C)C)C2=O.CC(C)N1CC(C2c3ccccc3CSc3ccccc32)n2ncc(=O)c(O)c2C1=O. The normalized spacial score (nSPS) is 18.5. The number of thioether (sulfide) groups is 1. The molecule has 0 bridgehead atoms. The lowest BCUT2D eigenvalue weighted by Gasteiger charge is -2.41. The molecule has 3 unspecified atom stereocenters. The summed E-state index contributed by atoms with van der Waals surface area (Å²) in [6, 6.07) is 25.1. The number of hydrogen-bond acceptors (Lipinski definition) is 10. The standard InChI is InChI=1S/C29H29F2N3O4.C24H23N3O3S/c1-15(2)29(37)38-27-24(35)13-32-34-23(14-33(16(3)4)28(36)26(27)34)25-19-7-5-9-21(30)17(19)11-12-18-20(25)8-6-10-22(18)31;1-14(2)26-12-18(27-22(24(26)30)23(29)19(28)11-25-27)21-16-8-4-3-7-15(16)13-31-20-10-6-5-9-17(20)21/h5-10,13,15-16,23,25H,11-12,14H2,1-4H3;3-11,14,18,21,29H,12-13H2,1-2H3. The van der Waals surface area contributed by atoms with Crippen LogP contribution in [-0.4, -0.2) is 77.4 Å². The summed E-state index contributed by atoms with van der Waals surface area (Å²) in [5.41, 5.74) is 4.41. The molecule has 10 rings (SSSR count). The van der Waals surface area contributed by atoms with Crippen molar-refractivity contribution in [1.82, 2.24) is 29.4 Å². The number of ether oxygens (including phenoxy) is 1. The van der Waals surface area contributed by atoms with E-state index in [0.29, 0.717) is 41.6 Å². The van der Waals surface area contributed by atoms with Crippen LogP contribution in [0, 0.1) is 17.6 Å². The quantitative estimate of drug-likeness (QED) is 0.162. The number of amides is 2. The zero-order chi connectivity index (χ0) is 49.0. The van der Waals surface area contributed by atoms with Gasteiger partial charge in [-0.25, -0.2) is 8.78 Å². The molecule has 13 nitrogen and oxygen atoms in total. The molecular formula is C53H52F2N6O7S. The van der Waals surface area contributed by atoms with Gasteiger partial charge in [-0.15, -0.1) is 11.8 Å². The van der Waals surface area contributed by atoms with E-state index in [0.717, 1.165) is 18.1 Å². The average Bonchev–Trinajstić information content (AvgIpc) is 3.60. The maximum Gasteiger partial charge on any atom is 0.313 e. The third-order valence-corrected chi connectivity index (χ3v) is 14.7. The summed E-state index contributed by atoms with van der Waals surface area (Å²) in [6.45, 7) is 11.4. The molecule has 6 aromatic rings. The highest BCUT2D eigenvalue weighted by atomic mass is 32.2. The first-order valence-corrected chi connectivity index (χ1v) is 24.2. The number of hydrogen-bond donors (Lipinski definition) is 1. The van der Waals surface area contributed by atoms with Gasteiger partial charge in [0.1, 0.15) is 11.6 Å². The average molecular weight is 955 g/mol. The van der Waals surface area contributed by atoms with E-state index in [9.17, 15) is 29.1 Å². The van der Waals surface area contributed by atoms with Crippen molar-refractivity contribution in [1.29, 1.82) is 0 Å². The van der Waals surface area contributed by atoms with Gasteiger partial charge in [-0.1, -0.05) is 80.6 Å². The van der Waals surface area contributed by atoms with Crippen molar-refractivity contribution >= 4 is 29.5 Å². The number of fused-ring (bicyclic) bond motifs is 6. The summed E-state index contributed by atoms with van der Waals surface area (Å²) < 4.78 is 38.7. The zero-order valence-corrected chi connectivity index (χ0v) is 39.9. The molecule has 356 valence electrons. The number of esters is 1. The van der Waals surface area contributed by atoms with Crippen LogP contribution in [0.5, 0.6) is 11.5 Å². The lowest BCUT2D eigenvalue weighted by molar-refractivity contribution is -0.137. The molecule has 3 atom stereocenters. The number of aromatic hydroxyl groups is 1. The fourth-order valence-electron chi connectivity index (χ4n) is 10.2. The molecule has 16 heteroatoms. The van der Waals surface area contributed by atoms with Crippen LogP contribution in [-0.2, 0) is 23.4 Å². The predicted molar refractivity (Wildman–Crippen MR) is 256 cm³/mol. The highest BCUT2D eigenvalue weighted by molar-refractivity contribution is 7.98. The predicted octanol–water partition coefficient (Wildman–Crippen LogP) is 8.21. The molecule has 2 amide bonds. The maximum absolute atomic E-state index is 15.1. The first-order valence-electron chi connectivity index (χ1n) is 23.2.